The summed E-state index contributed by atoms with van der Waals surface area (Å²) in [5.41, 5.74) is 8.32. The van der Waals surface area contributed by atoms with Gasteiger partial charge in [-0.05, 0) is 60.4 Å². The van der Waals surface area contributed by atoms with Crippen molar-refractivity contribution in [2.24, 2.45) is 10.9 Å². The normalized spacial score (nSPS) is 14.0. The standard InChI is InChI=1S/C38H46N6O/c1-8-12-37(42-36(39-7)20-17-28-15-16-28)45-34-19-18-29(32-13-10-11-14-33(32)34)21-27(9-2)22-30-23-35(38(4,5)6)43-44(30)31-24-40-26(3)41-25-31/h10-14,18-19,23-25,28H,2,8,15-17,20-22H2,1,3-7H3,(H,39,42)/b37-12+. The highest BCUT2D eigenvalue weighted by molar-refractivity contribution is 5.91. The second-order valence-corrected chi connectivity index (χ2v) is 12.9. The predicted octanol–water partition coefficient (Wildman–Crippen LogP) is 8.36. The van der Waals surface area contributed by atoms with E-state index in [-0.39, 0.29) is 5.41 Å². The maximum absolute atomic E-state index is 6.49. The zero-order valence-electron chi connectivity index (χ0n) is 27.7. The number of hydrogen-bond acceptors (Lipinski definition) is 5. The highest BCUT2D eigenvalue weighted by atomic mass is 16.5. The van der Waals surface area contributed by atoms with Crippen LogP contribution in [0.4, 0.5) is 0 Å². The molecule has 4 aromatic rings. The lowest BCUT2D eigenvalue weighted by Crippen LogP contribution is -2.19. The molecule has 5 rings (SSSR count). The third-order valence-electron chi connectivity index (χ3n) is 8.20. The zero-order chi connectivity index (χ0) is 32.0. The van der Waals surface area contributed by atoms with E-state index < -0.39 is 0 Å². The van der Waals surface area contributed by atoms with Gasteiger partial charge in [-0.25, -0.2) is 19.6 Å². The van der Waals surface area contributed by atoms with Gasteiger partial charge in [-0.15, -0.1) is 5.73 Å². The second-order valence-electron chi connectivity index (χ2n) is 12.9. The Balaban J connectivity index is 1.42. The van der Waals surface area contributed by atoms with E-state index in [9.17, 15) is 0 Å². The molecule has 0 aliphatic heterocycles. The van der Waals surface area contributed by atoms with Crippen LogP contribution in [-0.2, 0) is 18.3 Å². The van der Waals surface area contributed by atoms with Crippen LogP contribution in [0.25, 0.3) is 16.5 Å². The first-order valence-corrected chi connectivity index (χ1v) is 16.1. The van der Waals surface area contributed by atoms with Gasteiger partial charge in [0.15, 0.2) is 0 Å². The molecular formula is C38H46N6O. The summed E-state index contributed by atoms with van der Waals surface area (Å²) in [5, 5.41) is 10.4. The lowest BCUT2D eigenvalue weighted by Gasteiger charge is -2.15. The molecule has 1 saturated carbocycles. The van der Waals surface area contributed by atoms with E-state index in [1.54, 1.807) is 0 Å². The molecule has 0 atom stereocenters. The summed E-state index contributed by atoms with van der Waals surface area (Å²) in [7, 11) is 1.94. The average molecular weight is 603 g/mol. The number of hydrogen-bond donors (Lipinski definition) is 1. The number of nitrogens with one attached hydrogen (secondary N) is 1. The Hall–Kier alpha value is -4.48. The van der Waals surface area contributed by atoms with E-state index >= 15 is 0 Å². The van der Waals surface area contributed by atoms with Crippen molar-refractivity contribution in [2.75, 3.05) is 7.05 Å². The molecule has 0 bridgehead atoms. The molecule has 1 fully saturated rings. The fraction of sp³-hybridized carbons (Fsp3) is 0.395. The molecule has 7 heteroatoms. The number of fused-ring (bicyclic) bond motifs is 1. The zero-order valence-corrected chi connectivity index (χ0v) is 27.7. The maximum Gasteiger partial charge on any atom is 0.216 e. The number of benzene rings is 2. The fourth-order valence-corrected chi connectivity index (χ4v) is 5.36. The van der Waals surface area contributed by atoms with Crippen LogP contribution in [0.15, 0.2) is 89.7 Å². The molecule has 1 aliphatic carbocycles. The SMILES string of the molecule is C=C=C(Cc1ccc(OC(=C/CC)/N=C(/CCC2CC2)NC)c2ccccc12)Cc1cc(C(C)(C)C)nn1-c1cnc(C)nc1. The fourth-order valence-electron chi connectivity index (χ4n) is 5.36. The largest absolute Gasteiger partial charge is 0.439 e. The second kappa shape index (κ2) is 14.1. The minimum Gasteiger partial charge on any atom is -0.439 e. The van der Waals surface area contributed by atoms with Gasteiger partial charge in [-0.1, -0.05) is 77.4 Å². The molecule has 0 saturated heterocycles. The van der Waals surface area contributed by atoms with Crippen molar-refractivity contribution in [3.05, 3.63) is 107 Å². The Bertz CT molecular complexity index is 1750. The van der Waals surface area contributed by atoms with Crippen molar-refractivity contribution >= 4 is 16.6 Å². The summed E-state index contributed by atoms with van der Waals surface area (Å²) in [6.45, 7) is 14.6. The molecule has 0 amide bonds. The first kappa shape index (κ1) is 31.9. The molecule has 45 heavy (non-hydrogen) atoms. The molecule has 1 aliphatic rings. The molecule has 0 spiro atoms. The maximum atomic E-state index is 6.49. The number of ether oxygens (including phenoxy) is 1. The highest BCUT2D eigenvalue weighted by Gasteiger charge is 2.23. The summed E-state index contributed by atoms with van der Waals surface area (Å²) in [5.74, 6) is 3.98. The Morgan fingerprint density at radius 2 is 1.84 bits per heavy atom. The molecule has 0 unspecified atom stereocenters. The van der Waals surface area contributed by atoms with E-state index in [2.05, 4.69) is 97.8 Å². The third kappa shape index (κ3) is 8.17. The van der Waals surface area contributed by atoms with Gasteiger partial charge in [0.1, 0.15) is 23.1 Å². The minimum absolute atomic E-state index is 0.101. The Kier molecular flexibility index (Phi) is 9.99. The minimum atomic E-state index is -0.101. The number of amidine groups is 1. The van der Waals surface area contributed by atoms with Crippen LogP contribution in [0.3, 0.4) is 0 Å². The van der Waals surface area contributed by atoms with Gasteiger partial charge < -0.3 is 10.1 Å². The van der Waals surface area contributed by atoms with Gasteiger partial charge in [0, 0.05) is 42.8 Å². The Morgan fingerprint density at radius 3 is 2.49 bits per heavy atom. The number of aliphatic imine (C=N–C) groups is 1. The monoisotopic (exact) mass is 602 g/mol. The van der Waals surface area contributed by atoms with Crippen LogP contribution in [0.2, 0.25) is 0 Å². The third-order valence-corrected chi connectivity index (χ3v) is 8.20. The highest BCUT2D eigenvalue weighted by Crippen LogP contribution is 2.34. The van der Waals surface area contributed by atoms with Gasteiger partial charge in [0.2, 0.25) is 5.88 Å². The quantitative estimate of drug-likeness (QED) is 0.0763. The molecular weight excluding hydrogens is 556 g/mol. The van der Waals surface area contributed by atoms with Crippen LogP contribution in [0.1, 0.15) is 82.6 Å². The number of aryl methyl sites for hydroxylation is 1. The summed E-state index contributed by atoms with van der Waals surface area (Å²) in [6, 6.07) is 14.8. The first-order chi connectivity index (χ1) is 21.7. The van der Waals surface area contributed by atoms with Crippen molar-refractivity contribution in [1.29, 1.82) is 0 Å². The van der Waals surface area contributed by atoms with Gasteiger partial charge in [0.25, 0.3) is 0 Å². The van der Waals surface area contributed by atoms with Gasteiger partial charge in [-0.3, -0.25) is 0 Å². The summed E-state index contributed by atoms with van der Waals surface area (Å²) >= 11 is 0. The molecule has 7 nitrogen and oxygen atoms in total. The van der Waals surface area contributed by atoms with E-state index in [0.29, 0.717) is 18.7 Å². The molecule has 2 aromatic heterocycles. The molecule has 2 aromatic carbocycles. The average Bonchev–Trinajstić information content (AvgIpc) is 3.76. The number of aromatic nitrogens is 4. The van der Waals surface area contributed by atoms with Gasteiger partial charge in [0.05, 0.1) is 18.1 Å². The van der Waals surface area contributed by atoms with E-state index in [4.69, 9.17) is 14.8 Å². The van der Waals surface area contributed by atoms with Crippen LogP contribution < -0.4 is 10.1 Å². The number of allylic oxidation sites excluding steroid dienone is 2. The van der Waals surface area contributed by atoms with Gasteiger partial charge in [-0.2, -0.15) is 5.10 Å². The lowest BCUT2D eigenvalue weighted by atomic mass is 9.91. The summed E-state index contributed by atoms with van der Waals surface area (Å²) in [4.78, 5) is 13.7. The van der Waals surface area contributed by atoms with Crippen molar-refractivity contribution < 1.29 is 4.74 Å². The molecule has 234 valence electrons. The van der Waals surface area contributed by atoms with Crippen LogP contribution in [0.5, 0.6) is 5.75 Å². The van der Waals surface area contributed by atoms with E-state index in [0.717, 1.165) is 69.6 Å². The lowest BCUT2D eigenvalue weighted by molar-refractivity contribution is 0.422. The van der Waals surface area contributed by atoms with Crippen LogP contribution in [-0.4, -0.2) is 32.6 Å². The van der Waals surface area contributed by atoms with Crippen molar-refractivity contribution in [2.45, 2.75) is 85.0 Å². The predicted molar refractivity (Wildman–Crippen MR) is 184 cm³/mol. The smallest absolute Gasteiger partial charge is 0.216 e. The Labute approximate surface area is 267 Å². The van der Waals surface area contributed by atoms with Crippen molar-refractivity contribution in [3.8, 4) is 11.4 Å². The first-order valence-electron chi connectivity index (χ1n) is 16.1. The van der Waals surface area contributed by atoms with Crippen LogP contribution >= 0.6 is 0 Å². The molecule has 0 radical (unpaired) electrons. The van der Waals surface area contributed by atoms with Crippen molar-refractivity contribution in [1.82, 2.24) is 25.1 Å². The number of rotatable bonds is 12. The van der Waals surface area contributed by atoms with E-state index in [1.807, 2.05) is 37.1 Å². The Morgan fingerprint density at radius 1 is 1.11 bits per heavy atom. The molecule has 1 N–H and O–H groups in total. The topological polar surface area (TPSA) is 77.2 Å². The van der Waals surface area contributed by atoms with Crippen LogP contribution in [0, 0.1) is 12.8 Å². The van der Waals surface area contributed by atoms with Gasteiger partial charge >= 0.3 is 0 Å². The molecule has 2 heterocycles. The van der Waals surface area contributed by atoms with Crippen molar-refractivity contribution in [3.63, 3.8) is 0 Å². The summed E-state index contributed by atoms with van der Waals surface area (Å²) < 4.78 is 8.44. The van der Waals surface area contributed by atoms with E-state index in [1.165, 1.54) is 24.8 Å². The number of nitrogens with zero attached hydrogens (tertiary/aromatic N) is 5. The summed E-state index contributed by atoms with van der Waals surface area (Å²) in [6.07, 6.45) is 12.7.